The molecule has 1 heterocycles. The number of hydrogen-bond donors (Lipinski definition) is 2. The van der Waals surface area contributed by atoms with Crippen LogP contribution >= 0.6 is 0 Å². The largest absolute Gasteiger partial charge is 0.492 e. The number of rotatable bonds is 7. The van der Waals surface area contributed by atoms with Gasteiger partial charge in [0.1, 0.15) is 12.4 Å². The Balaban J connectivity index is 1.79. The molecule has 5 heteroatoms. The number of nitrogens with zero attached hydrogens (tertiary/aromatic N) is 1. The molecule has 0 saturated carbocycles. The molecule has 0 spiro atoms. The van der Waals surface area contributed by atoms with Gasteiger partial charge in [-0.2, -0.15) is 0 Å². The van der Waals surface area contributed by atoms with Gasteiger partial charge in [-0.15, -0.1) is 0 Å². The highest BCUT2D eigenvalue weighted by Crippen LogP contribution is 2.36. The molecule has 1 aromatic carbocycles. The monoisotopic (exact) mass is 291 g/mol. The predicted molar refractivity (Wildman–Crippen MR) is 85.8 cm³/mol. The van der Waals surface area contributed by atoms with E-state index in [1.165, 1.54) is 25.8 Å². The maximum Gasteiger partial charge on any atom is 0.488 e. The van der Waals surface area contributed by atoms with E-state index in [1.807, 2.05) is 6.07 Å². The first kappa shape index (κ1) is 16.3. The summed E-state index contributed by atoms with van der Waals surface area (Å²) in [6, 6.07) is 6.98. The van der Waals surface area contributed by atoms with E-state index in [0.29, 0.717) is 23.2 Å². The highest BCUT2D eigenvalue weighted by atomic mass is 16.5. The van der Waals surface area contributed by atoms with Crippen LogP contribution in [0.4, 0.5) is 0 Å². The summed E-state index contributed by atoms with van der Waals surface area (Å²) in [7, 11) is -1.44. The van der Waals surface area contributed by atoms with E-state index in [0.717, 1.165) is 13.1 Å². The van der Waals surface area contributed by atoms with E-state index in [-0.39, 0.29) is 0 Å². The second-order valence-corrected chi connectivity index (χ2v) is 6.03. The molecule has 0 amide bonds. The molecule has 0 bridgehead atoms. The first-order valence-corrected chi connectivity index (χ1v) is 7.90. The van der Waals surface area contributed by atoms with E-state index in [1.54, 1.807) is 18.2 Å². The predicted octanol–water partition coefficient (Wildman–Crippen LogP) is 1.26. The summed E-state index contributed by atoms with van der Waals surface area (Å²) in [4.78, 5) is 2.47. The lowest BCUT2D eigenvalue weighted by Gasteiger charge is -2.26. The zero-order chi connectivity index (χ0) is 15.3. The number of likely N-dealkylation sites (tertiary alicyclic amines) is 1. The fourth-order valence-electron chi connectivity index (χ4n) is 3.10. The average Bonchev–Trinajstić information content (AvgIpc) is 2.92. The zero-order valence-corrected chi connectivity index (χ0v) is 13.1. The Hall–Kier alpha value is -1.04. The second kappa shape index (κ2) is 7.30. The van der Waals surface area contributed by atoms with Gasteiger partial charge in [-0.3, -0.25) is 4.90 Å². The fourth-order valence-corrected chi connectivity index (χ4v) is 3.10. The summed E-state index contributed by atoms with van der Waals surface area (Å²) in [6.45, 7) is 8.45. The van der Waals surface area contributed by atoms with Crippen molar-refractivity contribution in [3.63, 3.8) is 0 Å². The van der Waals surface area contributed by atoms with Crippen molar-refractivity contribution in [1.82, 2.24) is 4.90 Å². The summed E-state index contributed by atoms with van der Waals surface area (Å²) in [5.74, 6) is 0.692. The van der Waals surface area contributed by atoms with Crippen LogP contribution in [0.2, 0.25) is 0 Å². The highest BCUT2D eigenvalue weighted by molar-refractivity contribution is 6.58. The number of hydrogen-bond acceptors (Lipinski definition) is 4. The van der Waals surface area contributed by atoms with Gasteiger partial charge in [0.15, 0.2) is 0 Å². The van der Waals surface area contributed by atoms with E-state index in [9.17, 15) is 0 Å². The Morgan fingerprint density at radius 2 is 2.05 bits per heavy atom. The van der Waals surface area contributed by atoms with Gasteiger partial charge in [0.05, 0.1) is 0 Å². The van der Waals surface area contributed by atoms with Crippen LogP contribution in [0.15, 0.2) is 24.3 Å². The van der Waals surface area contributed by atoms with Crippen LogP contribution < -0.4 is 10.2 Å². The Kier molecular flexibility index (Phi) is 5.68. The minimum Gasteiger partial charge on any atom is -0.492 e. The molecule has 0 aromatic heterocycles. The molecule has 0 radical (unpaired) electrons. The molecule has 0 aliphatic carbocycles. The molecule has 2 rings (SSSR count). The molecule has 0 unspecified atom stereocenters. The van der Waals surface area contributed by atoms with E-state index in [4.69, 9.17) is 14.8 Å². The Labute approximate surface area is 127 Å². The molecule has 1 aliphatic rings. The summed E-state index contributed by atoms with van der Waals surface area (Å²) >= 11 is 0. The van der Waals surface area contributed by atoms with E-state index < -0.39 is 7.12 Å². The number of benzene rings is 1. The van der Waals surface area contributed by atoms with Crippen molar-refractivity contribution in [2.45, 2.75) is 33.1 Å². The first-order chi connectivity index (χ1) is 10.1. The van der Waals surface area contributed by atoms with Gasteiger partial charge in [-0.25, -0.2) is 0 Å². The third kappa shape index (κ3) is 4.22. The van der Waals surface area contributed by atoms with Crippen molar-refractivity contribution >= 4 is 12.6 Å². The summed E-state index contributed by atoms with van der Waals surface area (Å²) < 4.78 is 5.73. The maximum atomic E-state index is 9.15. The fraction of sp³-hybridized carbons (Fsp3) is 0.625. The van der Waals surface area contributed by atoms with Gasteiger partial charge in [0.2, 0.25) is 0 Å². The Bertz CT molecular complexity index is 449. The van der Waals surface area contributed by atoms with Crippen LogP contribution in [0.5, 0.6) is 5.75 Å². The quantitative estimate of drug-likeness (QED) is 0.743. The summed E-state index contributed by atoms with van der Waals surface area (Å²) in [6.07, 6.45) is 3.78. The molecule has 2 N–H and O–H groups in total. The van der Waals surface area contributed by atoms with Crippen molar-refractivity contribution in [2.24, 2.45) is 5.41 Å². The lowest BCUT2D eigenvalue weighted by molar-refractivity contribution is 0.204. The Morgan fingerprint density at radius 3 is 2.67 bits per heavy atom. The van der Waals surface area contributed by atoms with Gasteiger partial charge in [-0.1, -0.05) is 26.0 Å². The molecule has 1 aromatic rings. The van der Waals surface area contributed by atoms with Crippen molar-refractivity contribution in [1.29, 1.82) is 0 Å². The van der Waals surface area contributed by atoms with Crippen molar-refractivity contribution in [2.75, 3.05) is 26.2 Å². The van der Waals surface area contributed by atoms with E-state index in [2.05, 4.69) is 18.7 Å². The van der Waals surface area contributed by atoms with Gasteiger partial charge in [0, 0.05) is 13.1 Å². The first-order valence-electron chi connectivity index (χ1n) is 7.90. The molecule has 1 aliphatic heterocycles. The van der Waals surface area contributed by atoms with Crippen LogP contribution in [0, 0.1) is 5.41 Å². The third-order valence-corrected chi connectivity index (χ3v) is 4.85. The molecular weight excluding hydrogens is 265 g/mol. The smallest absolute Gasteiger partial charge is 0.488 e. The lowest BCUT2D eigenvalue weighted by atomic mass is 9.80. The third-order valence-electron chi connectivity index (χ3n) is 4.85. The van der Waals surface area contributed by atoms with Crippen LogP contribution in [0.25, 0.3) is 0 Å². The summed E-state index contributed by atoms with van der Waals surface area (Å²) in [5.41, 5.74) is 0.964. The molecule has 0 atom stereocenters. The van der Waals surface area contributed by atoms with Crippen LogP contribution in [0.1, 0.15) is 33.1 Å². The SMILES string of the molecule is CCC1(CC)CCN(CCOc2cccc(B(O)O)c2)C1. The number of ether oxygens (including phenoxy) is 1. The summed E-state index contributed by atoms with van der Waals surface area (Å²) in [5, 5.41) is 18.3. The van der Waals surface area contributed by atoms with Gasteiger partial charge in [0.25, 0.3) is 0 Å². The minimum atomic E-state index is -1.44. The van der Waals surface area contributed by atoms with Crippen molar-refractivity contribution in [3.8, 4) is 5.75 Å². The van der Waals surface area contributed by atoms with Crippen LogP contribution in [-0.2, 0) is 0 Å². The van der Waals surface area contributed by atoms with Gasteiger partial charge < -0.3 is 14.8 Å². The molecule has 1 fully saturated rings. The molecule has 116 valence electrons. The van der Waals surface area contributed by atoms with E-state index >= 15 is 0 Å². The zero-order valence-electron chi connectivity index (χ0n) is 13.1. The Morgan fingerprint density at radius 1 is 1.29 bits per heavy atom. The van der Waals surface area contributed by atoms with Gasteiger partial charge in [-0.05, 0) is 48.8 Å². The van der Waals surface area contributed by atoms with Crippen LogP contribution in [0.3, 0.4) is 0 Å². The molecule has 1 saturated heterocycles. The molecular formula is C16H26BNO3. The molecule has 21 heavy (non-hydrogen) atoms. The topological polar surface area (TPSA) is 52.9 Å². The molecule has 4 nitrogen and oxygen atoms in total. The highest BCUT2D eigenvalue weighted by Gasteiger charge is 2.34. The second-order valence-electron chi connectivity index (χ2n) is 6.03. The lowest BCUT2D eigenvalue weighted by Crippen LogP contribution is -2.31. The average molecular weight is 291 g/mol. The van der Waals surface area contributed by atoms with Gasteiger partial charge >= 0.3 is 7.12 Å². The normalized spacial score (nSPS) is 17.9. The van der Waals surface area contributed by atoms with Crippen LogP contribution in [-0.4, -0.2) is 48.3 Å². The maximum absolute atomic E-state index is 9.15. The minimum absolute atomic E-state index is 0.463. The standard InChI is InChI=1S/C16H26BNO3/c1-3-16(4-2)8-9-18(13-16)10-11-21-15-7-5-6-14(12-15)17(19)20/h5-7,12,19-20H,3-4,8-11,13H2,1-2H3. The van der Waals surface area contributed by atoms with Crippen molar-refractivity contribution < 1.29 is 14.8 Å². The van der Waals surface area contributed by atoms with Crippen molar-refractivity contribution in [3.05, 3.63) is 24.3 Å².